The van der Waals surface area contributed by atoms with Gasteiger partial charge in [0.15, 0.2) is 0 Å². The second kappa shape index (κ2) is 7.23. The Hall–Kier alpha value is -2.67. The van der Waals surface area contributed by atoms with Crippen molar-refractivity contribution in [1.29, 1.82) is 0 Å². The number of aliphatic carboxylic acids is 1. The lowest BCUT2D eigenvalue weighted by Gasteiger charge is -2.45. The van der Waals surface area contributed by atoms with E-state index in [2.05, 4.69) is 11.4 Å². The summed E-state index contributed by atoms with van der Waals surface area (Å²) >= 11 is 1.37. The molecule has 6 nitrogen and oxygen atoms in total. The van der Waals surface area contributed by atoms with Crippen molar-refractivity contribution < 1.29 is 19.5 Å². The number of carboxylic acids is 1. The zero-order valence-electron chi connectivity index (χ0n) is 16.5. The summed E-state index contributed by atoms with van der Waals surface area (Å²) in [5.41, 5.74) is 9.28. The van der Waals surface area contributed by atoms with Crippen LogP contribution in [-0.2, 0) is 22.4 Å². The normalized spacial score (nSPS) is 26.5. The number of primary amides is 1. The number of carbonyl (C=O) groups is 3. The van der Waals surface area contributed by atoms with Crippen molar-refractivity contribution in [1.82, 2.24) is 0 Å². The van der Waals surface area contributed by atoms with E-state index in [1.54, 1.807) is 0 Å². The Kier molecular flexibility index (Phi) is 4.65. The molecule has 3 saturated carbocycles. The summed E-state index contributed by atoms with van der Waals surface area (Å²) in [7, 11) is 0. The molecule has 0 radical (unpaired) electrons. The summed E-state index contributed by atoms with van der Waals surface area (Å²) < 4.78 is 0. The number of rotatable bonds is 4. The van der Waals surface area contributed by atoms with Gasteiger partial charge in [-0.1, -0.05) is 24.3 Å². The molecule has 7 heteroatoms. The van der Waals surface area contributed by atoms with Crippen LogP contribution in [0.15, 0.2) is 24.3 Å². The highest BCUT2D eigenvalue weighted by Crippen LogP contribution is 2.50. The second-order valence-electron chi connectivity index (χ2n) is 8.69. The number of amides is 2. The number of fused-ring (bicyclic) bond motifs is 6. The predicted molar refractivity (Wildman–Crippen MR) is 114 cm³/mol. The Morgan fingerprint density at radius 1 is 1.00 bits per heavy atom. The summed E-state index contributed by atoms with van der Waals surface area (Å²) in [6, 6.07) is 8.07. The molecule has 1 aromatic carbocycles. The van der Waals surface area contributed by atoms with E-state index in [0.717, 1.165) is 48.1 Å². The second-order valence-corrected chi connectivity index (χ2v) is 9.71. The average molecular weight is 425 g/mol. The molecule has 4 aliphatic rings. The van der Waals surface area contributed by atoms with Crippen LogP contribution in [0, 0.1) is 23.7 Å². The molecule has 2 bridgehead atoms. The Balaban J connectivity index is 1.51. The van der Waals surface area contributed by atoms with Gasteiger partial charge < -0.3 is 16.2 Å². The SMILES string of the molecule is NC(=O)c1c(NC(=O)[C@H]2C3CCC(CC3)[C@H]2C(=O)O)sc2c1CCc1ccccc1-2. The van der Waals surface area contributed by atoms with Gasteiger partial charge in [0.05, 0.1) is 17.4 Å². The smallest absolute Gasteiger partial charge is 0.307 e. The molecular weight excluding hydrogens is 400 g/mol. The number of thiophene rings is 1. The molecule has 1 aromatic heterocycles. The molecule has 4 N–H and O–H groups in total. The minimum absolute atomic E-state index is 0.0577. The average Bonchev–Trinajstić information content (AvgIpc) is 3.12. The van der Waals surface area contributed by atoms with Gasteiger partial charge in [-0.2, -0.15) is 0 Å². The summed E-state index contributed by atoms with van der Waals surface area (Å²) in [5.74, 6) is -2.79. The maximum absolute atomic E-state index is 13.3. The van der Waals surface area contributed by atoms with Crippen molar-refractivity contribution >= 4 is 34.1 Å². The Morgan fingerprint density at radius 3 is 2.33 bits per heavy atom. The van der Waals surface area contributed by atoms with Crippen LogP contribution in [0.3, 0.4) is 0 Å². The van der Waals surface area contributed by atoms with Gasteiger partial charge in [0.25, 0.3) is 5.91 Å². The van der Waals surface area contributed by atoms with E-state index in [9.17, 15) is 19.5 Å². The molecule has 0 spiro atoms. The molecule has 6 rings (SSSR count). The van der Waals surface area contributed by atoms with Crippen molar-refractivity contribution in [2.24, 2.45) is 29.4 Å². The number of nitrogens with one attached hydrogen (secondary N) is 1. The zero-order chi connectivity index (χ0) is 21.0. The van der Waals surface area contributed by atoms with E-state index < -0.39 is 23.7 Å². The molecular formula is C23H24N2O4S. The number of aryl methyl sites for hydroxylation is 1. The summed E-state index contributed by atoms with van der Waals surface area (Å²) in [4.78, 5) is 38.5. The monoisotopic (exact) mass is 424 g/mol. The van der Waals surface area contributed by atoms with E-state index in [-0.39, 0.29) is 17.7 Å². The van der Waals surface area contributed by atoms with E-state index in [4.69, 9.17) is 5.73 Å². The van der Waals surface area contributed by atoms with Crippen LogP contribution in [-0.4, -0.2) is 22.9 Å². The Morgan fingerprint density at radius 2 is 1.67 bits per heavy atom. The fraction of sp³-hybridized carbons (Fsp3) is 0.435. The number of carbonyl (C=O) groups excluding carboxylic acids is 2. The van der Waals surface area contributed by atoms with Crippen LogP contribution in [0.4, 0.5) is 5.00 Å². The molecule has 3 fully saturated rings. The fourth-order valence-electron chi connectivity index (χ4n) is 5.87. The summed E-state index contributed by atoms with van der Waals surface area (Å²) in [6.07, 6.45) is 5.06. The fourth-order valence-corrected chi connectivity index (χ4v) is 7.18. The van der Waals surface area contributed by atoms with Crippen molar-refractivity contribution in [3.8, 4) is 10.4 Å². The van der Waals surface area contributed by atoms with Gasteiger partial charge in [-0.3, -0.25) is 14.4 Å². The maximum atomic E-state index is 13.3. The molecule has 30 heavy (non-hydrogen) atoms. The largest absolute Gasteiger partial charge is 0.481 e. The predicted octanol–water partition coefficient (Wildman–Crippen LogP) is 3.69. The maximum Gasteiger partial charge on any atom is 0.307 e. The molecule has 4 aliphatic carbocycles. The van der Waals surface area contributed by atoms with Crippen molar-refractivity contribution in [2.75, 3.05) is 5.32 Å². The lowest BCUT2D eigenvalue weighted by Crippen LogP contribution is -2.49. The number of benzene rings is 1. The van der Waals surface area contributed by atoms with Gasteiger partial charge in [-0.25, -0.2) is 0 Å². The summed E-state index contributed by atoms with van der Waals surface area (Å²) in [6.45, 7) is 0. The standard InChI is InChI=1S/C23H24N2O4S/c24-20(26)18-15-10-9-11-3-1-2-4-14(11)19(15)30-22(18)25-21(27)16-12-5-7-13(8-6-12)17(16)23(28)29/h1-4,12-13,16-17H,5-10H2,(H2,24,26)(H,25,27)(H,28,29)/t12?,13?,16-,17+/m0/s1. The van der Waals surface area contributed by atoms with Gasteiger partial charge in [-0.05, 0) is 67.1 Å². The minimum Gasteiger partial charge on any atom is -0.481 e. The number of hydrogen-bond donors (Lipinski definition) is 3. The molecule has 0 unspecified atom stereocenters. The van der Waals surface area contributed by atoms with E-state index in [0.29, 0.717) is 17.0 Å². The van der Waals surface area contributed by atoms with Crippen LogP contribution >= 0.6 is 11.3 Å². The molecule has 2 aromatic rings. The number of carboxylic acid groups (broad SMARTS) is 1. The van der Waals surface area contributed by atoms with E-state index in [1.165, 1.54) is 16.9 Å². The number of nitrogens with two attached hydrogens (primary N) is 1. The van der Waals surface area contributed by atoms with Gasteiger partial charge >= 0.3 is 5.97 Å². The first-order valence-corrected chi connectivity index (χ1v) is 11.3. The summed E-state index contributed by atoms with van der Waals surface area (Å²) in [5, 5.41) is 13.2. The van der Waals surface area contributed by atoms with Crippen LogP contribution in [0.5, 0.6) is 0 Å². The van der Waals surface area contributed by atoms with Crippen LogP contribution in [0.1, 0.15) is 47.2 Å². The lowest BCUT2D eigenvalue weighted by atomic mass is 9.58. The highest BCUT2D eigenvalue weighted by Gasteiger charge is 2.50. The highest BCUT2D eigenvalue weighted by atomic mass is 32.1. The van der Waals surface area contributed by atoms with Crippen LogP contribution in [0.25, 0.3) is 10.4 Å². The van der Waals surface area contributed by atoms with Gasteiger partial charge in [-0.15, -0.1) is 11.3 Å². The first-order chi connectivity index (χ1) is 14.5. The Bertz CT molecular complexity index is 1050. The highest BCUT2D eigenvalue weighted by molar-refractivity contribution is 7.20. The van der Waals surface area contributed by atoms with E-state index in [1.807, 2.05) is 18.2 Å². The van der Waals surface area contributed by atoms with Crippen molar-refractivity contribution in [3.05, 3.63) is 41.0 Å². The molecule has 0 aliphatic heterocycles. The van der Waals surface area contributed by atoms with Gasteiger partial charge in [0.1, 0.15) is 5.00 Å². The Labute approximate surface area is 178 Å². The van der Waals surface area contributed by atoms with Crippen molar-refractivity contribution in [2.45, 2.75) is 38.5 Å². The first-order valence-electron chi connectivity index (χ1n) is 10.5. The molecule has 0 saturated heterocycles. The third kappa shape index (κ3) is 2.95. The topological polar surface area (TPSA) is 109 Å². The van der Waals surface area contributed by atoms with Crippen molar-refractivity contribution in [3.63, 3.8) is 0 Å². The molecule has 2 amide bonds. The molecule has 2 atom stereocenters. The minimum atomic E-state index is -0.890. The molecule has 1 heterocycles. The van der Waals surface area contributed by atoms with E-state index >= 15 is 0 Å². The van der Waals surface area contributed by atoms with Gasteiger partial charge in [0.2, 0.25) is 5.91 Å². The molecule has 156 valence electrons. The quantitative estimate of drug-likeness (QED) is 0.695. The first kappa shape index (κ1) is 19.3. The number of hydrogen-bond acceptors (Lipinski definition) is 4. The number of anilines is 1. The van der Waals surface area contributed by atoms with Gasteiger partial charge in [0, 0.05) is 4.88 Å². The third-order valence-electron chi connectivity index (χ3n) is 7.20. The van der Waals surface area contributed by atoms with Crippen LogP contribution in [0.2, 0.25) is 0 Å². The third-order valence-corrected chi connectivity index (χ3v) is 8.38. The zero-order valence-corrected chi connectivity index (χ0v) is 17.3. The van der Waals surface area contributed by atoms with Crippen LogP contribution < -0.4 is 11.1 Å². The lowest BCUT2D eigenvalue weighted by molar-refractivity contribution is -0.156.